The van der Waals surface area contributed by atoms with Gasteiger partial charge in [-0.3, -0.25) is 0 Å². The smallest absolute Gasteiger partial charge is 0.213 e. The van der Waals surface area contributed by atoms with Gasteiger partial charge in [0.05, 0.1) is 5.75 Å². The van der Waals surface area contributed by atoms with Crippen LogP contribution in [-0.4, -0.2) is 10.1 Å². The Balaban J connectivity index is 1.95. The summed E-state index contributed by atoms with van der Waals surface area (Å²) in [6.07, 6.45) is 1.29. The Morgan fingerprint density at radius 2 is 2.07 bits per heavy atom. The fraction of sp³-hybridized carbons (Fsp3) is 0.111. The number of benzene rings is 1. The van der Waals surface area contributed by atoms with Gasteiger partial charge in [0.1, 0.15) is 5.82 Å². The summed E-state index contributed by atoms with van der Waals surface area (Å²) >= 11 is 1.54. The Hall–Kier alpha value is -1.36. The molecule has 0 aliphatic rings. The van der Waals surface area contributed by atoms with Crippen LogP contribution in [0.4, 0.5) is 4.39 Å². The molecule has 0 radical (unpaired) electrons. The number of hydrogen-bond donors (Lipinski definition) is 0. The summed E-state index contributed by atoms with van der Waals surface area (Å²) in [5, 5.41) is 3.67. The lowest BCUT2D eigenvalue weighted by Crippen LogP contribution is -1.83. The summed E-state index contributed by atoms with van der Waals surface area (Å²) in [4.78, 5) is 4.86. The summed E-state index contributed by atoms with van der Waals surface area (Å²) in [5.74, 6) is 1.04. The minimum Gasteiger partial charge on any atom is -0.343 e. The van der Waals surface area contributed by atoms with E-state index in [2.05, 4.69) is 14.7 Å². The number of aromatic nitrogens is 2. The molecule has 0 fully saturated rings. The summed E-state index contributed by atoms with van der Waals surface area (Å²) in [7, 11) is 0. The molecule has 3 nitrogen and oxygen atoms in total. The Morgan fingerprint density at radius 1 is 1.29 bits per heavy atom. The van der Waals surface area contributed by atoms with Gasteiger partial charge in [-0.2, -0.15) is 4.98 Å². The van der Waals surface area contributed by atoms with Gasteiger partial charge >= 0.3 is 0 Å². The Labute approximate surface area is 84.3 Å². The highest BCUT2D eigenvalue weighted by Gasteiger charge is 2.00. The van der Waals surface area contributed by atoms with Gasteiger partial charge in [-0.25, -0.2) is 4.39 Å². The number of halogens is 1. The molecule has 1 heterocycles. The maximum atomic E-state index is 12.6. The molecule has 0 unspecified atom stereocenters. The van der Waals surface area contributed by atoms with Crippen LogP contribution in [0.5, 0.6) is 0 Å². The summed E-state index contributed by atoms with van der Waals surface area (Å²) in [6.45, 7) is 0. The first kappa shape index (κ1) is 9.21. The molecule has 0 bridgehead atoms. The van der Waals surface area contributed by atoms with Gasteiger partial charge in [0, 0.05) is 4.90 Å². The zero-order valence-electron chi connectivity index (χ0n) is 7.18. The number of thioether (sulfide) groups is 1. The average molecular weight is 210 g/mol. The molecular weight excluding hydrogens is 203 g/mol. The van der Waals surface area contributed by atoms with Gasteiger partial charge < -0.3 is 4.52 Å². The molecule has 2 rings (SSSR count). The van der Waals surface area contributed by atoms with Crippen molar-refractivity contribution in [2.75, 3.05) is 0 Å². The zero-order chi connectivity index (χ0) is 9.80. The first-order valence-corrected chi connectivity index (χ1v) is 4.97. The topological polar surface area (TPSA) is 38.9 Å². The molecule has 0 saturated carbocycles. The highest BCUT2D eigenvalue weighted by Crippen LogP contribution is 2.20. The van der Waals surface area contributed by atoms with Crippen LogP contribution in [0, 0.1) is 5.82 Å². The van der Waals surface area contributed by atoms with E-state index < -0.39 is 0 Å². The molecule has 0 aliphatic heterocycles. The fourth-order valence-electron chi connectivity index (χ4n) is 0.935. The molecule has 1 aromatic carbocycles. The Bertz CT molecular complexity index is 388. The van der Waals surface area contributed by atoms with Crippen molar-refractivity contribution in [2.45, 2.75) is 10.6 Å². The van der Waals surface area contributed by atoms with Crippen molar-refractivity contribution in [3.63, 3.8) is 0 Å². The van der Waals surface area contributed by atoms with Crippen molar-refractivity contribution in [1.29, 1.82) is 0 Å². The molecule has 0 amide bonds. The van der Waals surface area contributed by atoms with Crippen molar-refractivity contribution < 1.29 is 8.91 Å². The second kappa shape index (κ2) is 4.23. The van der Waals surface area contributed by atoms with Crippen LogP contribution < -0.4 is 0 Å². The largest absolute Gasteiger partial charge is 0.343 e. The monoisotopic (exact) mass is 210 g/mol. The zero-order valence-corrected chi connectivity index (χ0v) is 8.00. The van der Waals surface area contributed by atoms with E-state index in [0.29, 0.717) is 11.6 Å². The Morgan fingerprint density at radius 3 is 2.71 bits per heavy atom. The lowest BCUT2D eigenvalue weighted by Gasteiger charge is -1.97. The van der Waals surface area contributed by atoms with E-state index in [0.717, 1.165) is 4.90 Å². The first-order valence-electron chi connectivity index (χ1n) is 3.98. The quantitative estimate of drug-likeness (QED) is 0.729. The SMILES string of the molecule is Fc1ccc(SCc2ncon2)cc1. The molecule has 1 aromatic heterocycles. The van der Waals surface area contributed by atoms with Crippen LogP contribution in [0.15, 0.2) is 40.1 Å². The minimum atomic E-state index is -0.228. The number of nitrogens with zero attached hydrogens (tertiary/aromatic N) is 2. The molecule has 0 N–H and O–H groups in total. The van der Waals surface area contributed by atoms with Gasteiger partial charge in [0.2, 0.25) is 6.39 Å². The number of rotatable bonds is 3. The molecule has 2 aromatic rings. The minimum absolute atomic E-state index is 0.228. The third-order valence-corrected chi connectivity index (χ3v) is 2.60. The fourth-order valence-corrected chi connectivity index (χ4v) is 1.69. The predicted octanol–water partition coefficient (Wildman–Crippen LogP) is 2.50. The van der Waals surface area contributed by atoms with Crippen LogP contribution in [0.1, 0.15) is 5.82 Å². The average Bonchev–Trinajstić information content (AvgIpc) is 2.70. The predicted molar refractivity (Wildman–Crippen MR) is 50.3 cm³/mol. The van der Waals surface area contributed by atoms with E-state index >= 15 is 0 Å². The van der Waals surface area contributed by atoms with E-state index in [1.165, 1.54) is 30.3 Å². The van der Waals surface area contributed by atoms with Crippen LogP contribution in [-0.2, 0) is 5.75 Å². The molecule has 14 heavy (non-hydrogen) atoms. The van der Waals surface area contributed by atoms with E-state index in [9.17, 15) is 4.39 Å². The highest BCUT2D eigenvalue weighted by molar-refractivity contribution is 7.98. The summed E-state index contributed by atoms with van der Waals surface area (Å²) < 4.78 is 17.1. The van der Waals surface area contributed by atoms with Crippen LogP contribution in [0.3, 0.4) is 0 Å². The maximum Gasteiger partial charge on any atom is 0.213 e. The van der Waals surface area contributed by atoms with Crippen LogP contribution in [0.25, 0.3) is 0 Å². The third-order valence-electron chi connectivity index (χ3n) is 1.59. The van der Waals surface area contributed by atoms with Gasteiger partial charge in [0.25, 0.3) is 0 Å². The molecule has 0 saturated heterocycles. The van der Waals surface area contributed by atoms with Crippen molar-refractivity contribution in [1.82, 2.24) is 10.1 Å². The lowest BCUT2D eigenvalue weighted by molar-refractivity contribution is 0.412. The van der Waals surface area contributed by atoms with Crippen molar-refractivity contribution in [2.24, 2.45) is 0 Å². The lowest BCUT2D eigenvalue weighted by atomic mass is 10.4. The molecule has 0 atom stereocenters. The molecule has 0 spiro atoms. The Kier molecular flexibility index (Phi) is 2.78. The normalized spacial score (nSPS) is 10.4. The number of hydrogen-bond acceptors (Lipinski definition) is 4. The van der Waals surface area contributed by atoms with Gasteiger partial charge in [-0.15, -0.1) is 11.8 Å². The maximum absolute atomic E-state index is 12.6. The van der Waals surface area contributed by atoms with Crippen LogP contribution in [0.2, 0.25) is 0 Å². The highest BCUT2D eigenvalue weighted by atomic mass is 32.2. The van der Waals surface area contributed by atoms with Crippen molar-refractivity contribution in [3.05, 3.63) is 42.3 Å². The molecule has 5 heteroatoms. The molecular formula is C9H7FN2OS. The van der Waals surface area contributed by atoms with E-state index in [-0.39, 0.29) is 5.82 Å². The van der Waals surface area contributed by atoms with Gasteiger partial charge in [0.15, 0.2) is 5.82 Å². The standard InChI is InChI=1S/C9H7FN2OS/c10-7-1-3-8(4-2-7)14-5-9-11-6-13-12-9/h1-4,6H,5H2. The van der Waals surface area contributed by atoms with Crippen molar-refractivity contribution in [3.8, 4) is 0 Å². The van der Waals surface area contributed by atoms with Gasteiger partial charge in [-0.1, -0.05) is 5.16 Å². The first-order chi connectivity index (χ1) is 6.84. The summed E-state index contributed by atoms with van der Waals surface area (Å²) in [5.41, 5.74) is 0. The van der Waals surface area contributed by atoms with Crippen molar-refractivity contribution >= 4 is 11.8 Å². The second-order valence-electron chi connectivity index (χ2n) is 2.59. The molecule has 72 valence electrons. The third kappa shape index (κ3) is 2.32. The second-order valence-corrected chi connectivity index (χ2v) is 3.64. The van der Waals surface area contributed by atoms with E-state index in [4.69, 9.17) is 0 Å². The van der Waals surface area contributed by atoms with E-state index in [1.54, 1.807) is 12.1 Å². The van der Waals surface area contributed by atoms with E-state index in [1.807, 2.05) is 0 Å². The van der Waals surface area contributed by atoms with Crippen LogP contribution >= 0.6 is 11.8 Å². The molecule has 0 aliphatic carbocycles. The van der Waals surface area contributed by atoms with Gasteiger partial charge in [-0.05, 0) is 24.3 Å². The summed E-state index contributed by atoms with van der Waals surface area (Å²) in [6, 6.07) is 6.30.